The monoisotopic (exact) mass is 292 g/mol. The van der Waals surface area contributed by atoms with E-state index in [1.165, 1.54) is 12.8 Å². The third-order valence-corrected chi connectivity index (χ3v) is 4.32. The Morgan fingerprint density at radius 2 is 1.95 bits per heavy atom. The predicted molar refractivity (Wildman–Crippen MR) is 83.1 cm³/mol. The van der Waals surface area contributed by atoms with Gasteiger partial charge >= 0.3 is 0 Å². The van der Waals surface area contributed by atoms with Crippen molar-refractivity contribution < 1.29 is 9.13 Å². The zero-order chi connectivity index (χ0) is 14.7. The molecule has 0 atom stereocenters. The Hall–Kier alpha value is -1.13. The summed E-state index contributed by atoms with van der Waals surface area (Å²) in [6.07, 6.45) is 4.94. The van der Waals surface area contributed by atoms with Crippen LogP contribution in [0.3, 0.4) is 0 Å². The molecule has 2 fully saturated rings. The van der Waals surface area contributed by atoms with E-state index < -0.39 is 0 Å². The number of rotatable bonds is 6. The molecule has 4 heteroatoms. The van der Waals surface area contributed by atoms with Gasteiger partial charge in [-0.05, 0) is 56.4 Å². The number of piperidine rings is 1. The van der Waals surface area contributed by atoms with E-state index in [0.29, 0.717) is 12.1 Å². The minimum absolute atomic E-state index is 0.132. The van der Waals surface area contributed by atoms with E-state index >= 15 is 0 Å². The van der Waals surface area contributed by atoms with E-state index in [2.05, 4.69) is 16.3 Å². The highest BCUT2D eigenvalue weighted by molar-refractivity contribution is 5.49. The van der Waals surface area contributed by atoms with Gasteiger partial charge in [0, 0.05) is 38.0 Å². The van der Waals surface area contributed by atoms with Gasteiger partial charge < -0.3 is 15.0 Å². The SMILES string of the molecule is CCOC1CCN(c2cc(F)cc(CNC3CC3)c2)CC1. The summed E-state index contributed by atoms with van der Waals surface area (Å²) in [7, 11) is 0. The Balaban J connectivity index is 1.61. The minimum Gasteiger partial charge on any atom is -0.378 e. The first-order valence-corrected chi connectivity index (χ1v) is 8.14. The lowest BCUT2D eigenvalue weighted by atomic mass is 10.1. The number of anilines is 1. The molecule has 2 aliphatic rings. The fraction of sp³-hybridized carbons (Fsp3) is 0.647. The first-order valence-electron chi connectivity index (χ1n) is 8.14. The van der Waals surface area contributed by atoms with Crippen LogP contribution in [0.25, 0.3) is 0 Å². The van der Waals surface area contributed by atoms with Crippen LogP contribution >= 0.6 is 0 Å². The molecule has 116 valence electrons. The van der Waals surface area contributed by atoms with E-state index in [4.69, 9.17) is 4.74 Å². The van der Waals surface area contributed by atoms with Crippen molar-refractivity contribution >= 4 is 5.69 Å². The molecule has 0 amide bonds. The van der Waals surface area contributed by atoms with Gasteiger partial charge in [-0.3, -0.25) is 0 Å². The molecule has 1 saturated heterocycles. The normalized spacial score (nSPS) is 20.0. The van der Waals surface area contributed by atoms with E-state index in [0.717, 1.165) is 50.3 Å². The fourth-order valence-electron chi connectivity index (χ4n) is 2.98. The van der Waals surface area contributed by atoms with Gasteiger partial charge in [0.25, 0.3) is 0 Å². The maximum absolute atomic E-state index is 13.8. The molecule has 1 aliphatic carbocycles. The van der Waals surface area contributed by atoms with Gasteiger partial charge in [0.05, 0.1) is 6.10 Å². The third kappa shape index (κ3) is 4.17. The molecule has 1 aromatic rings. The molecule has 1 saturated carbocycles. The summed E-state index contributed by atoms with van der Waals surface area (Å²) in [4.78, 5) is 2.28. The van der Waals surface area contributed by atoms with Crippen molar-refractivity contribution in [3.63, 3.8) is 0 Å². The van der Waals surface area contributed by atoms with Gasteiger partial charge in [0.15, 0.2) is 0 Å². The average molecular weight is 292 g/mol. The lowest BCUT2D eigenvalue weighted by Gasteiger charge is -2.33. The van der Waals surface area contributed by atoms with E-state index in [-0.39, 0.29) is 5.82 Å². The van der Waals surface area contributed by atoms with E-state index in [1.807, 2.05) is 6.92 Å². The van der Waals surface area contributed by atoms with Gasteiger partial charge in [-0.15, -0.1) is 0 Å². The highest BCUT2D eigenvalue weighted by Crippen LogP contribution is 2.25. The van der Waals surface area contributed by atoms with Crippen molar-refractivity contribution in [2.45, 2.75) is 51.3 Å². The Labute approximate surface area is 126 Å². The lowest BCUT2D eigenvalue weighted by Crippen LogP contribution is -2.37. The summed E-state index contributed by atoms with van der Waals surface area (Å²) in [5.74, 6) is -0.132. The maximum atomic E-state index is 13.8. The van der Waals surface area contributed by atoms with E-state index in [9.17, 15) is 4.39 Å². The second-order valence-corrected chi connectivity index (χ2v) is 6.11. The second kappa shape index (κ2) is 6.75. The molecule has 0 unspecified atom stereocenters. The van der Waals surface area contributed by atoms with Crippen LogP contribution < -0.4 is 10.2 Å². The highest BCUT2D eigenvalue weighted by Gasteiger charge is 2.22. The summed E-state index contributed by atoms with van der Waals surface area (Å²) in [6, 6.07) is 6.08. The lowest BCUT2D eigenvalue weighted by molar-refractivity contribution is 0.0459. The number of halogens is 1. The van der Waals surface area contributed by atoms with Gasteiger partial charge in [-0.25, -0.2) is 4.39 Å². The molecular weight excluding hydrogens is 267 g/mol. The van der Waals surface area contributed by atoms with E-state index in [1.54, 1.807) is 12.1 Å². The molecule has 21 heavy (non-hydrogen) atoms. The van der Waals surface area contributed by atoms with Crippen molar-refractivity contribution in [1.29, 1.82) is 0 Å². The van der Waals surface area contributed by atoms with Crippen molar-refractivity contribution in [1.82, 2.24) is 5.32 Å². The zero-order valence-electron chi connectivity index (χ0n) is 12.8. The minimum atomic E-state index is -0.132. The van der Waals surface area contributed by atoms with Crippen LogP contribution in [0.4, 0.5) is 10.1 Å². The molecule has 3 nitrogen and oxygen atoms in total. The van der Waals surface area contributed by atoms with Crippen LogP contribution in [0.5, 0.6) is 0 Å². The van der Waals surface area contributed by atoms with Gasteiger partial charge in [-0.2, -0.15) is 0 Å². The second-order valence-electron chi connectivity index (χ2n) is 6.11. The molecule has 0 bridgehead atoms. The Kier molecular flexibility index (Phi) is 4.76. The molecule has 0 radical (unpaired) electrons. The van der Waals surface area contributed by atoms with Crippen molar-refractivity contribution in [3.05, 3.63) is 29.6 Å². The number of nitrogens with one attached hydrogen (secondary N) is 1. The maximum Gasteiger partial charge on any atom is 0.125 e. The van der Waals surface area contributed by atoms with Crippen LogP contribution in [0.1, 0.15) is 38.2 Å². The number of ether oxygens (including phenoxy) is 1. The molecule has 1 aliphatic heterocycles. The van der Waals surface area contributed by atoms with Crippen molar-refractivity contribution in [3.8, 4) is 0 Å². The zero-order valence-corrected chi connectivity index (χ0v) is 12.8. The summed E-state index contributed by atoms with van der Waals surface area (Å²) in [5.41, 5.74) is 2.06. The van der Waals surface area contributed by atoms with Gasteiger partial charge in [-0.1, -0.05) is 0 Å². The number of nitrogens with zero attached hydrogens (tertiary/aromatic N) is 1. The standard InChI is InChI=1S/C17H25FN2O/c1-2-21-17-5-7-20(8-6-17)16-10-13(9-14(18)11-16)12-19-15-3-4-15/h9-11,15,17,19H,2-8,12H2,1H3. The Morgan fingerprint density at radius 3 is 2.62 bits per heavy atom. The number of hydrogen-bond acceptors (Lipinski definition) is 3. The smallest absolute Gasteiger partial charge is 0.125 e. The van der Waals surface area contributed by atoms with Crippen LogP contribution in [-0.2, 0) is 11.3 Å². The molecule has 1 heterocycles. The summed E-state index contributed by atoms with van der Waals surface area (Å²) in [6.45, 7) is 5.48. The first-order chi connectivity index (χ1) is 10.2. The van der Waals surface area contributed by atoms with Gasteiger partial charge in [0.2, 0.25) is 0 Å². The van der Waals surface area contributed by atoms with Crippen LogP contribution in [0.15, 0.2) is 18.2 Å². The van der Waals surface area contributed by atoms with Crippen LogP contribution in [0, 0.1) is 5.82 Å². The molecular formula is C17H25FN2O. The molecule has 1 N–H and O–H groups in total. The first kappa shape index (κ1) is 14.8. The topological polar surface area (TPSA) is 24.5 Å². The summed E-state index contributed by atoms with van der Waals surface area (Å²) >= 11 is 0. The van der Waals surface area contributed by atoms with Crippen molar-refractivity contribution in [2.24, 2.45) is 0 Å². The fourth-order valence-corrected chi connectivity index (χ4v) is 2.98. The Bertz CT molecular complexity index is 468. The molecule has 1 aromatic carbocycles. The number of benzene rings is 1. The van der Waals surface area contributed by atoms with Crippen LogP contribution in [0.2, 0.25) is 0 Å². The quantitative estimate of drug-likeness (QED) is 0.872. The Morgan fingerprint density at radius 1 is 1.19 bits per heavy atom. The van der Waals surface area contributed by atoms with Gasteiger partial charge in [0.1, 0.15) is 5.82 Å². The molecule has 0 spiro atoms. The average Bonchev–Trinajstić information content (AvgIpc) is 3.30. The van der Waals surface area contributed by atoms with Crippen LogP contribution in [-0.4, -0.2) is 31.8 Å². The largest absolute Gasteiger partial charge is 0.378 e. The molecule has 0 aromatic heterocycles. The summed E-state index contributed by atoms with van der Waals surface area (Å²) < 4.78 is 19.5. The predicted octanol–water partition coefficient (Wildman–Crippen LogP) is 3.08. The molecule has 3 rings (SSSR count). The third-order valence-electron chi connectivity index (χ3n) is 4.32. The van der Waals surface area contributed by atoms with Crippen molar-refractivity contribution in [2.75, 3.05) is 24.6 Å². The number of hydrogen-bond donors (Lipinski definition) is 1. The highest BCUT2D eigenvalue weighted by atomic mass is 19.1. The summed E-state index contributed by atoms with van der Waals surface area (Å²) in [5, 5.41) is 3.45.